The zero-order valence-corrected chi connectivity index (χ0v) is 9.88. The minimum atomic E-state index is 0.139. The van der Waals surface area contributed by atoms with E-state index in [1.807, 2.05) is 0 Å². The number of hydrogen-bond donors (Lipinski definition) is 1. The molecule has 0 radical (unpaired) electrons. The lowest BCUT2D eigenvalue weighted by atomic mass is 10.1. The minimum absolute atomic E-state index is 0.139. The largest absolute Gasteiger partial charge is 0.482 e. The molecule has 1 aromatic heterocycles. The fourth-order valence-corrected chi connectivity index (χ4v) is 2.62. The summed E-state index contributed by atoms with van der Waals surface area (Å²) in [6, 6.07) is 8.38. The number of nitrogens with one attached hydrogen (secondary N) is 1. The van der Waals surface area contributed by atoms with Gasteiger partial charge in [-0.2, -0.15) is 11.3 Å². The fraction of sp³-hybridized carbons (Fsp3) is 0.231. The highest BCUT2D eigenvalue weighted by Gasteiger charge is 2.20. The maximum atomic E-state index is 6.00. The van der Waals surface area contributed by atoms with Gasteiger partial charge < -0.3 is 10.1 Å². The second-order valence-corrected chi connectivity index (χ2v) is 4.82. The van der Waals surface area contributed by atoms with E-state index in [1.54, 1.807) is 11.3 Å². The molecule has 1 aromatic carbocycles. The van der Waals surface area contributed by atoms with Crippen molar-refractivity contribution in [1.82, 2.24) is 0 Å². The Hall–Kier alpha value is -1.48. The Morgan fingerprint density at radius 1 is 1.38 bits per heavy atom. The molecule has 0 spiro atoms. The number of thiophene rings is 1. The van der Waals surface area contributed by atoms with Crippen LogP contribution in [0.3, 0.4) is 0 Å². The van der Waals surface area contributed by atoms with Crippen molar-refractivity contribution in [1.29, 1.82) is 0 Å². The molecule has 1 atom stereocenters. The minimum Gasteiger partial charge on any atom is -0.482 e. The first-order valence-electron chi connectivity index (χ1n) is 5.36. The smallest absolute Gasteiger partial charge is 0.143 e. The summed E-state index contributed by atoms with van der Waals surface area (Å²) in [6.45, 7) is 2.92. The summed E-state index contributed by atoms with van der Waals surface area (Å²) in [5.74, 6) is 0.961. The fourth-order valence-electron chi connectivity index (χ4n) is 1.91. The van der Waals surface area contributed by atoms with Gasteiger partial charge in [0, 0.05) is 5.56 Å². The third-order valence-corrected chi connectivity index (χ3v) is 3.50. The summed E-state index contributed by atoms with van der Waals surface area (Å²) in [5.41, 5.74) is 3.58. The van der Waals surface area contributed by atoms with Crippen molar-refractivity contribution in [3.63, 3.8) is 0 Å². The summed E-state index contributed by atoms with van der Waals surface area (Å²) in [4.78, 5) is 0. The van der Waals surface area contributed by atoms with Gasteiger partial charge in [0.15, 0.2) is 0 Å². The van der Waals surface area contributed by atoms with Crippen molar-refractivity contribution in [2.75, 3.05) is 11.9 Å². The maximum Gasteiger partial charge on any atom is 0.143 e. The van der Waals surface area contributed by atoms with E-state index >= 15 is 0 Å². The highest BCUT2D eigenvalue weighted by Crippen LogP contribution is 2.35. The Morgan fingerprint density at radius 2 is 2.31 bits per heavy atom. The topological polar surface area (TPSA) is 21.3 Å². The van der Waals surface area contributed by atoms with Gasteiger partial charge in [0.1, 0.15) is 11.9 Å². The molecule has 2 nitrogen and oxygen atoms in total. The van der Waals surface area contributed by atoms with Crippen molar-refractivity contribution in [3.05, 3.63) is 46.2 Å². The number of benzene rings is 1. The molecule has 2 aromatic rings. The molecule has 0 saturated carbocycles. The van der Waals surface area contributed by atoms with Crippen LogP contribution in [0.2, 0.25) is 0 Å². The molecule has 3 rings (SSSR count). The van der Waals surface area contributed by atoms with Crippen molar-refractivity contribution in [2.45, 2.75) is 13.0 Å². The normalized spacial score (nSPS) is 18.4. The molecule has 1 aliphatic heterocycles. The summed E-state index contributed by atoms with van der Waals surface area (Å²) in [7, 11) is 0. The van der Waals surface area contributed by atoms with Gasteiger partial charge in [-0.05, 0) is 41.4 Å². The molecule has 0 fully saturated rings. The van der Waals surface area contributed by atoms with Gasteiger partial charge in [0.25, 0.3) is 0 Å². The molecule has 1 aliphatic rings. The van der Waals surface area contributed by atoms with Crippen LogP contribution in [0.15, 0.2) is 35.0 Å². The Bertz CT molecular complexity index is 493. The third kappa shape index (κ3) is 1.67. The van der Waals surface area contributed by atoms with Crippen LogP contribution < -0.4 is 10.1 Å². The van der Waals surface area contributed by atoms with E-state index in [9.17, 15) is 0 Å². The zero-order chi connectivity index (χ0) is 11.0. The Morgan fingerprint density at radius 3 is 3.12 bits per heavy atom. The van der Waals surface area contributed by atoms with E-state index in [0.29, 0.717) is 0 Å². The average molecular weight is 231 g/mol. The molecule has 2 heterocycles. The number of aryl methyl sites for hydroxylation is 1. The first-order valence-corrected chi connectivity index (χ1v) is 6.30. The number of ether oxygens (including phenoxy) is 1. The number of hydrogen-bond acceptors (Lipinski definition) is 3. The van der Waals surface area contributed by atoms with Crippen molar-refractivity contribution < 1.29 is 4.74 Å². The lowest BCUT2D eigenvalue weighted by molar-refractivity contribution is 0.211. The lowest BCUT2D eigenvalue weighted by Gasteiger charge is -2.27. The summed E-state index contributed by atoms with van der Waals surface area (Å²) < 4.78 is 6.00. The van der Waals surface area contributed by atoms with Gasteiger partial charge in [0.05, 0.1) is 12.2 Å². The van der Waals surface area contributed by atoms with Crippen molar-refractivity contribution in [2.24, 2.45) is 0 Å². The van der Waals surface area contributed by atoms with Gasteiger partial charge in [-0.1, -0.05) is 6.07 Å². The predicted octanol–water partition coefficient (Wildman–Crippen LogP) is 3.60. The molecular formula is C13H13NOS. The van der Waals surface area contributed by atoms with E-state index in [-0.39, 0.29) is 6.10 Å². The van der Waals surface area contributed by atoms with Gasteiger partial charge in [-0.25, -0.2) is 0 Å². The first kappa shape index (κ1) is 9.73. The van der Waals surface area contributed by atoms with Crippen LogP contribution in [0.1, 0.15) is 17.2 Å². The van der Waals surface area contributed by atoms with Gasteiger partial charge in [0.2, 0.25) is 0 Å². The number of fused-ring (bicyclic) bond motifs is 1. The standard InChI is InChI=1S/C13H13NOS/c1-9-2-3-11-12(6-9)15-13(7-14-11)10-4-5-16-8-10/h2-6,8,13-14H,7H2,1H3. The quantitative estimate of drug-likeness (QED) is 0.809. The molecule has 3 heteroatoms. The van der Waals surface area contributed by atoms with Gasteiger partial charge in [-0.15, -0.1) is 0 Å². The van der Waals surface area contributed by atoms with Crippen molar-refractivity contribution >= 4 is 17.0 Å². The van der Waals surface area contributed by atoms with Gasteiger partial charge >= 0.3 is 0 Å². The monoisotopic (exact) mass is 231 g/mol. The number of rotatable bonds is 1. The third-order valence-electron chi connectivity index (χ3n) is 2.80. The SMILES string of the molecule is Cc1ccc2c(c1)OC(c1ccsc1)CN2. The molecule has 0 aliphatic carbocycles. The molecular weight excluding hydrogens is 218 g/mol. The Balaban J connectivity index is 1.91. The predicted molar refractivity (Wildman–Crippen MR) is 67.4 cm³/mol. The second kappa shape index (κ2) is 3.83. The Kier molecular flexibility index (Phi) is 2.33. The van der Waals surface area contributed by atoms with Gasteiger partial charge in [-0.3, -0.25) is 0 Å². The van der Waals surface area contributed by atoms with Crippen molar-refractivity contribution in [3.8, 4) is 5.75 Å². The summed E-state index contributed by atoms with van der Waals surface area (Å²) in [5, 5.41) is 7.64. The maximum absolute atomic E-state index is 6.00. The van der Waals surface area contributed by atoms with Crippen LogP contribution in [-0.4, -0.2) is 6.54 Å². The van der Waals surface area contributed by atoms with Crippen LogP contribution >= 0.6 is 11.3 Å². The molecule has 1 N–H and O–H groups in total. The molecule has 1 unspecified atom stereocenters. The van der Waals surface area contributed by atoms with E-state index < -0.39 is 0 Å². The molecule has 0 bridgehead atoms. The number of anilines is 1. The Labute approximate surface area is 98.9 Å². The summed E-state index contributed by atoms with van der Waals surface area (Å²) in [6.07, 6.45) is 0.139. The molecule has 0 saturated heterocycles. The van der Waals surface area contributed by atoms with Crippen LogP contribution in [-0.2, 0) is 0 Å². The van der Waals surface area contributed by atoms with Crippen LogP contribution in [0.4, 0.5) is 5.69 Å². The van der Waals surface area contributed by atoms with Crippen LogP contribution in [0.5, 0.6) is 5.75 Å². The second-order valence-electron chi connectivity index (χ2n) is 4.04. The summed E-state index contributed by atoms with van der Waals surface area (Å²) >= 11 is 1.71. The van der Waals surface area contributed by atoms with Crippen LogP contribution in [0.25, 0.3) is 0 Å². The van der Waals surface area contributed by atoms with E-state index in [0.717, 1.165) is 18.0 Å². The van der Waals surface area contributed by atoms with E-state index in [2.05, 4.69) is 47.3 Å². The van der Waals surface area contributed by atoms with Crippen LogP contribution in [0, 0.1) is 6.92 Å². The highest BCUT2D eigenvalue weighted by molar-refractivity contribution is 7.07. The first-order chi connectivity index (χ1) is 7.83. The lowest BCUT2D eigenvalue weighted by Crippen LogP contribution is -2.23. The molecule has 16 heavy (non-hydrogen) atoms. The van der Waals surface area contributed by atoms with E-state index in [4.69, 9.17) is 4.74 Å². The highest BCUT2D eigenvalue weighted by atomic mass is 32.1. The molecule has 0 amide bonds. The van der Waals surface area contributed by atoms with E-state index in [1.165, 1.54) is 11.1 Å². The molecule has 82 valence electrons. The average Bonchev–Trinajstić information content (AvgIpc) is 2.81. The zero-order valence-electron chi connectivity index (χ0n) is 9.07.